The smallest absolute Gasteiger partial charge is 0.0619 e. The fourth-order valence-corrected chi connectivity index (χ4v) is 1.97. The van der Waals surface area contributed by atoms with E-state index in [1.165, 1.54) is 0 Å². The van der Waals surface area contributed by atoms with Gasteiger partial charge in [0.05, 0.1) is 6.10 Å². The molecule has 0 aliphatic rings. The summed E-state index contributed by atoms with van der Waals surface area (Å²) in [4.78, 5) is 0. The second-order valence-corrected chi connectivity index (χ2v) is 4.33. The molecule has 0 saturated heterocycles. The highest BCUT2D eigenvalue weighted by molar-refractivity contribution is 7.42. The summed E-state index contributed by atoms with van der Waals surface area (Å²) in [5, 5.41) is 9.23. The number of aliphatic hydroxyl groups excluding tert-OH is 1. The van der Waals surface area contributed by atoms with E-state index in [0.29, 0.717) is 17.2 Å². The van der Waals surface area contributed by atoms with Gasteiger partial charge in [0.2, 0.25) is 0 Å². The zero-order chi connectivity index (χ0) is 7.82. The van der Waals surface area contributed by atoms with Crippen molar-refractivity contribution in [2.45, 2.75) is 6.10 Å². The van der Waals surface area contributed by atoms with Crippen LogP contribution in [0.2, 0.25) is 0 Å². The van der Waals surface area contributed by atoms with E-state index in [-0.39, 0.29) is 6.10 Å². The van der Waals surface area contributed by atoms with E-state index in [1.54, 1.807) is 0 Å². The fourth-order valence-electron chi connectivity index (χ4n) is 0.511. The Hall–Kier alpha value is 0.300. The van der Waals surface area contributed by atoms with Crippen LogP contribution >= 0.6 is 17.2 Å². The molecule has 0 fully saturated rings. The van der Waals surface area contributed by atoms with Crippen LogP contribution in [-0.4, -0.2) is 23.5 Å². The Bertz CT molecular complexity index is 91.8. The average molecular weight is 176 g/mol. The van der Waals surface area contributed by atoms with E-state index in [0.717, 1.165) is 12.3 Å². The maximum Gasteiger partial charge on any atom is 0.0619 e. The van der Waals surface area contributed by atoms with Gasteiger partial charge in [-0.05, 0) is 12.3 Å². The Balaban J connectivity index is 3.15. The van der Waals surface area contributed by atoms with Crippen LogP contribution in [0.5, 0.6) is 0 Å². The first-order chi connectivity index (χ1) is 4.81. The molecule has 0 radical (unpaired) electrons. The van der Waals surface area contributed by atoms with Gasteiger partial charge in [-0.1, -0.05) is 42.0 Å². The molecule has 2 unspecified atom stereocenters. The van der Waals surface area contributed by atoms with Crippen molar-refractivity contribution in [3.05, 3.63) is 24.8 Å². The van der Waals surface area contributed by atoms with E-state index < -0.39 is 0 Å². The summed E-state index contributed by atoms with van der Waals surface area (Å²) < 4.78 is 0. The zero-order valence-corrected chi connectivity index (χ0v) is 8.01. The van der Waals surface area contributed by atoms with E-state index in [2.05, 4.69) is 13.2 Å². The van der Waals surface area contributed by atoms with Gasteiger partial charge >= 0.3 is 0 Å². The molecule has 0 saturated carbocycles. The highest BCUT2D eigenvalue weighted by Crippen LogP contribution is 2.17. The number of hydrogen-bond acceptors (Lipinski definition) is 1. The lowest BCUT2D eigenvalue weighted by Gasteiger charge is -2.05. The largest absolute Gasteiger partial charge is 0.392 e. The molecule has 1 N–H and O–H groups in total. The molecular weight excluding hydrogens is 162 g/mol. The van der Waals surface area contributed by atoms with E-state index in [9.17, 15) is 5.11 Å². The molecule has 0 rings (SSSR count). The van der Waals surface area contributed by atoms with Crippen molar-refractivity contribution in [1.29, 1.82) is 0 Å². The molecule has 3 heteroatoms. The molecule has 0 aliphatic carbocycles. The van der Waals surface area contributed by atoms with Crippen molar-refractivity contribution in [3.8, 4) is 0 Å². The molecule has 0 aliphatic heterocycles. The van der Waals surface area contributed by atoms with E-state index in [1.807, 2.05) is 11.6 Å². The van der Waals surface area contributed by atoms with E-state index >= 15 is 0 Å². The summed E-state index contributed by atoms with van der Waals surface area (Å²) in [6.07, 6.45) is 1.59. The third-order valence-corrected chi connectivity index (χ3v) is 2.99. The van der Waals surface area contributed by atoms with Gasteiger partial charge in [-0.3, -0.25) is 0 Å². The van der Waals surface area contributed by atoms with Gasteiger partial charge in [-0.25, -0.2) is 0 Å². The fraction of sp³-hybridized carbons (Fsp3) is 0.429. The van der Waals surface area contributed by atoms with Crippen LogP contribution in [0, 0.1) is 0 Å². The van der Waals surface area contributed by atoms with Crippen molar-refractivity contribution in [1.82, 2.24) is 0 Å². The lowest BCUT2D eigenvalue weighted by molar-refractivity contribution is 0.224. The molecule has 0 aromatic carbocycles. The molecular formula is C7H14OP2. The van der Waals surface area contributed by atoms with Crippen molar-refractivity contribution < 1.29 is 5.11 Å². The highest BCUT2D eigenvalue weighted by atomic mass is 31.1. The number of aliphatic hydroxyl groups is 1. The minimum absolute atomic E-state index is 0.146. The summed E-state index contributed by atoms with van der Waals surface area (Å²) in [5.41, 5.74) is 0. The molecule has 1 nitrogen and oxygen atoms in total. The van der Waals surface area contributed by atoms with Crippen LogP contribution in [0.15, 0.2) is 24.8 Å². The third kappa shape index (κ3) is 6.42. The number of hydrogen-bond donors (Lipinski definition) is 1. The first-order valence-corrected chi connectivity index (χ1v) is 5.74. The molecule has 0 aromatic heterocycles. The molecule has 0 heterocycles. The lowest BCUT2D eigenvalue weighted by atomic mass is 10.5. The van der Waals surface area contributed by atoms with Crippen molar-refractivity contribution in [3.63, 3.8) is 0 Å². The molecule has 58 valence electrons. The summed E-state index contributed by atoms with van der Waals surface area (Å²) in [6, 6.07) is 0. The second-order valence-electron chi connectivity index (χ2n) is 1.88. The van der Waals surface area contributed by atoms with Gasteiger partial charge in [-0.15, -0.1) is 0 Å². The van der Waals surface area contributed by atoms with E-state index in [4.69, 9.17) is 0 Å². The zero-order valence-electron chi connectivity index (χ0n) is 6.01. The predicted octanol–water partition coefficient (Wildman–Crippen LogP) is 1.99. The van der Waals surface area contributed by atoms with Crippen molar-refractivity contribution in [2.24, 2.45) is 0 Å². The molecule has 0 spiro atoms. The first kappa shape index (κ1) is 10.3. The van der Waals surface area contributed by atoms with Crippen LogP contribution < -0.4 is 0 Å². The van der Waals surface area contributed by atoms with Gasteiger partial charge in [0.15, 0.2) is 0 Å². The standard InChI is InChI=1S/C7H14OP2/c1-3-9-5-7(8)6-10-4-2/h3-4,7-10H,1-2,5-6H2. The summed E-state index contributed by atoms with van der Waals surface area (Å²) in [5.74, 6) is 3.72. The topological polar surface area (TPSA) is 20.2 Å². The Morgan fingerprint density at radius 3 is 1.90 bits per heavy atom. The maximum atomic E-state index is 9.23. The van der Waals surface area contributed by atoms with Gasteiger partial charge in [-0.2, -0.15) is 0 Å². The van der Waals surface area contributed by atoms with Crippen LogP contribution in [0.4, 0.5) is 0 Å². The molecule has 10 heavy (non-hydrogen) atoms. The van der Waals surface area contributed by atoms with Crippen LogP contribution in [0.25, 0.3) is 0 Å². The molecule has 2 atom stereocenters. The Kier molecular flexibility index (Phi) is 7.63. The Morgan fingerprint density at radius 2 is 1.60 bits per heavy atom. The van der Waals surface area contributed by atoms with Crippen molar-refractivity contribution in [2.75, 3.05) is 12.3 Å². The summed E-state index contributed by atoms with van der Waals surface area (Å²) in [6.45, 7) is 7.19. The minimum atomic E-state index is -0.146. The SMILES string of the molecule is C=CPCC(O)CPC=C. The Labute approximate surface area is 66.2 Å². The molecule has 0 aromatic rings. The van der Waals surface area contributed by atoms with Crippen LogP contribution in [-0.2, 0) is 0 Å². The predicted molar refractivity (Wildman–Crippen MR) is 52.8 cm³/mol. The van der Waals surface area contributed by atoms with Crippen LogP contribution in [0.3, 0.4) is 0 Å². The van der Waals surface area contributed by atoms with Crippen LogP contribution in [0.1, 0.15) is 0 Å². The number of rotatable bonds is 6. The maximum absolute atomic E-state index is 9.23. The molecule has 0 amide bonds. The quantitative estimate of drug-likeness (QED) is 0.613. The Morgan fingerprint density at radius 1 is 1.20 bits per heavy atom. The summed E-state index contributed by atoms with van der Waals surface area (Å²) in [7, 11) is 1.38. The van der Waals surface area contributed by atoms with Gasteiger partial charge in [0, 0.05) is 0 Å². The van der Waals surface area contributed by atoms with Gasteiger partial charge in [0.1, 0.15) is 0 Å². The molecule has 0 bridgehead atoms. The average Bonchev–Trinajstić information content (AvgIpc) is 1.97. The third-order valence-electron chi connectivity index (χ3n) is 0.996. The van der Waals surface area contributed by atoms with Gasteiger partial charge in [0.25, 0.3) is 0 Å². The highest BCUT2D eigenvalue weighted by Gasteiger charge is 1.99. The minimum Gasteiger partial charge on any atom is -0.392 e. The monoisotopic (exact) mass is 176 g/mol. The lowest BCUT2D eigenvalue weighted by Crippen LogP contribution is -2.10. The first-order valence-electron chi connectivity index (χ1n) is 3.18. The van der Waals surface area contributed by atoms with Gasteiger partial charge < -0.3 is 5.11 Å². The normalized spacial score (nSPS) is 14.9. The second kappa shape index (κ2) is 7.41. The summed E-state index contributed by atoms with van der Waals surface area (Å²) >= 11 is 0. The van der Waals surface area contributed by atoms with Crippen molar-refractivity contribution >= 4 is 17.2 Å².